The Hall–Kier alpha value is -3.47. The van der Waals surface area contributed by atoms with E-state index >= 15 is 0 Å². The minimum Gasteiger partial charge on any atom is -0.453 e. The van der Waals surface area contributed by atoms with E-state index in [2.05, 4.69) is 11.3 Å². The molecule has 39 heavy (non-hydrogen) atoms. The van der Waals surface area contributed by atoms with Gasteiger partial charge in [-0.15, -0.1) is 17.8 Å². The first-order chi connectivity index (χ1) is 18.5. The number of sulfonamides is 1. The van der Waals surface area contributed by atoms with Crippen molar-refractivity contribution in [3.8, 4) is 12.3 Å². The third-order valence-electron chi connectivity index (χ3n) is 7.42. The zero-order valence-electron chi connectivity index (χ0n) is 22.4. The minimum absolute atomic E-state index is 0.000758. The summed E-state index contributed by atoms with van der Waals surface area (Å²) in [7, 11) is 1.37. The molecule has 1 saturated heterocycles. The second-order valence-electron chi connectivity index (χ2n) is 10.1. The fourth-order valence-electron chi connectivity index (χ4n) is 4.98. The average Bonchev–Trinajstić information content (AvgIpc) is 3.48. The summed E-state index contributed by atoms with van der Waals surface area (Å²) in [5, 5.41) is 2.28. The van der Waals surface area contributed by atoms with Crippen LogP contribution in [0.3, 0.4) is 0 Å². The number of benzene rings is 1. The second-order valence-corrected chi connectivity index (χ2v) is 13.3. The number of urea groups is 1. The Bertz CT molecular complexity index is 1490. The summed E-state index contributed by atoms with van der Waals surface area (Å²) in [6.07, 6.45) is 5.99. The molecule has 208 valence electrons. The highest BCUT2D eigenvalue weighted by Crippen LogP contribution is 2.33. The SMILES string of the molecule is C#Cc1ccc2cc(S(=O)(=O)N3CCN(C(=O)N4CCC5=C(N4)OC(C)N5C)C(CC(=O)N(C)C)C3)sc2c1. The van der Waals surface area contributed by atoms with Crippen LogP contribution < -0.4 is 5.43 Å². The molecule has 4 heterocycles. The molecule has 0 radical (unpaired) electrons. The van der Waals surface area contributed by atoms with Crippen molar-refractivity contribution in [3.05, 3.63) is 41.4 Å². The molecule has 5 rings (SSSR count). The van der Waals surface area contributed by atoms with Gasteiger partial charge in [0.15, 0.2) is 6.23 Å². The van der Waals surface area contributed by atoms with Crippen LogP contribution in [0, 0.1) is 12.3 Å². The summed E-state index contributed by atoms with van der Waals surface area (Å²) >= 11 is 1.16. The molecule has 2 aromatic rings. The van der Waals surface area contributed by atoms with Crippen LogP contribution in [0.4, 0.5) is 4.79 Å². The molecule has 1 fully saturated rings. The number of amides is 3. The summed E-state index contributed by atoms with van der Waals surface area (Å²) in [4.78, 5) is 31.5. The Morgan fingerprint density at radius 1 is 1.23 bits per heavy atom. The standard InChI is InChI=1S/C26H32N6O5S2/c1-6-18-7-8-19-14-24(38-22(19)13-18)39(35,36)30-11-12-31(20(16-30)15-23(33)28(3)4)26(34)32-10-9-21-25(27-32)37-17(2)29(21)5/h1,7-8,13-14,17,20,27H,9-12,15-16H2,2-5H3. The molecule has 0 spiro atoms. The van der Waals surface area contributed by atoms with Gasteiger partial charge in [-0.25, -0.2) is 18.2 Å². The minimum atomic E-state index is -3.86. The third-order valence-corrected chi connectivity index (χ3v) is 10.8. The van der Waals surface area contributed by atoms with Crippen LogP contribution in [0.1, 0.15) is 25.3 Å². The number of piperazine rings is 1. The molecule has 2 unspecified atom stereocenters. The van der Waals surface area contributed by atoms with Gasteiger partial charge in [0.1, 0.15) is 4.21 Å². The first-order valence-corrected chi connectivity index (χ1v) is 14.9. The van der Waals surface area contributed by atoms with Crippen LogP contribution in [0.15, 0.2) is 40.1 Å². The van der Waals surface area contributed by atoms with Crippen molar-refractivity contribution in [3.63, 3.8) is 0 Å². The Morgan fingerprint density at radius 3 is 2.72 bits per heavy atom. The van der Waals surface area contributed by atoms with Crippen LogP contribution in [-0.2, 0) is 19.6 Å². The lowest BCUT2D eigenvalue weighted by atomic mass is 10.1. The molecule has 0 aliphatic carbocycles. The maximum absolute atomic E-state index is 13.7. The fourth-order valence-corrected chi connectivity index (χ4v) is 8.04. The third kappa shape index (κ3) is 4.99. The van der Waals surface area contributed by atoms with Crippen LogP contribution >= 0.6 is 11.3 Å². The summed E-state index contributed by atoms with van der Waals surface area (Å²) in [6, 6.07) is 6.09. The van der Waals surface area contributed by atoms with E-state index < -0.39 is 16.1 Å². The molecule has 0 bridgehead atoms. The van der Waals surface area contributed by atoms with E-state index in [-0.39, 0.29) is 48.4 Å². The topological polar surface area (TPSA) is 106 Å². The second kappa shape index (κ2) is 10.3. The molecule has 1 aromatic carbocycles. The first kappa shape index (κ1) is 27.1. The molecule has 2 atom stereocenters. The van der Waals surface area contributed by atoms with Crippen LogP contribution in [-0.4, -0.2) is 104 Å². The Balaban J connectivity index is 1.37. The van der Waals surface area contributed by atoms with Gasteiger partial charge < -0.3 is 19.4 Å². The van der Waals surface area contributed by atoms with Gasteiger partial charge in [0.05, 0.1) is 11.7 Å². The molecular weight excluding hydrogens is 540 g/mol. The monoisotopic (exact) mass is 572 g/mol. The van der Waals surface area contributed by atoms with Crippen molar-refractivity contribution in [1.29, 1.82) is 0 Å². The number of carbonyl (C=O) groups excluding carboxylic acids is 2. The summed E-state index contributed by atoms with van der Waals surface area (Å²) in [6.45, 7) is 2.63. The van der Waals surface area contributed by atoms with Gasteiger partial charge in [0.25, 0.3) is 10.0 Å². The van der Waals surface area contributed by atoms with Gasteiger partial charge in [0, 0.05) is 70.4 Å². The molecule has 0 saturated carbocycles. The number of fused-ring (bicyclic) bond motifs is 1. The lowest BCUT2D eigenvalue weighted by Crippen LogP contribution is -2.62. The highest BCUT2D eigenvalue weighted by molar-refractivity contribution is 7.91. The van der Waals surface area contributed by atoms with Crippen LogP contribution in [0.5, 0.6) is 0 Å². The fraction of sp³-hybridized carbons (Fsp3) is 0.462. The Morgan fingerprint density at radius 2 is 2.00 bits per heavy atom. The summed E-state index contributed by atoms with van der Waals surface area (Å²) < 4.78 is 35.6. The number of hydrogen-bond donors (Lipinski definition) is 1. The van der Waals surface area contributed by atoms with Gasteiger partial charge in [-0.2, -0.15) is 4.31 Å². The van der Waals surface area contributed by atoms with E-state index in [9.17, 15) is 18.0 Å². The quantitative estimate of drug-likeness (QED) is 0.558. The smallest absolute Gasteiger partial charge is 0.339 e. The maximum atomic E-state index is 13.7. The molecule has 1 aromatic heterocycles. The summed E-state index contributed by atoms with van der Waals surface area (Å²) in [5.74, 6) is 2.93. The van der Waals surface area contributed by atoms with Crippen molar-refractivity contribution >= 4 is 43.4 Å². The van der Waals surface area contributed by atoms with Gasteiger partial charge in [-0.3, -0.25) is 10.2 Å². The largest absolute Gasteiger partial charge is 0.453 e. The van der Waals surface area contributed by atoms with Crippen LogP contribution in [0.2, 0.25) is 0 Å². The van der Waals surface area contributed by atoms with E-state index in [0.29, 0.717) is 24.4 Å². The van der Waals surface area contributed by atoms with E-state index in [1.165, 1.54) is 14.2 Å². The van der Waals surface area contributed by atoms with E-state index in [4.69, 9.17) is 11.2 Å². The first-order valence-electron chi connectivity index (χ1n) is 12.7. The van der Waals surface area contributed by atoms with Crippen molar-refractivity contribution in [2.75, 3.05) is 47.3 Å². The van der Waals surface area contributed by atoms with Crippen molar-refractivity contribution in [1.82, 2.24) is 29.4 Å². The van der Waals surface area contributed by atoms with E-state index in [0.717, 1.165) is 27.1 Å². The van der Waals surface area contributed by atoms with Gasteiger partial charge in [-0.05, 0) is 30.5 Å². The van der Waals surface area contributed by atoms with Gasteiger partial charge >= 0.3 is 6.03 Å². The number of rotatable bonds is 4. The van der Waals surface area contributed by atoms with Crippen molar-refractivity contribution in [2.45, 2.75) is 36.2 Å². The maximum Gasteiger partial charge on any atom is 0.339 e. The molecule has 3 aliphatic rings. The van der Waals surface area contributed by atoms with E-state index in [1.807, 2.05) is 24.9 Å². The number of nitrogens with one attached hydrogen (secondary N) is 1. The number of carbonyl (C=O) groups is 2. The number of terminal acetylenes is 1. The number of hydrazine groups is 1. The number of ether oxygens (including phenoxy) is 1. The number of nitrogens with zero attached hydrogens (tertiary/aromatic N) is 5. The lowest BCUT2D eigenvalue weighted by molar-refractivity contribution is -0.130. The Labute approximate surface area is 232 Å². The molecule has 11 nitrogen and oxygen atoms in total. The zero-order chi connectivity index (χ0) is 28.1. The molecule has 13 heteroatoms. The molecule has 3 aliphatic heterocycles. The summed E-state index contributed by atoms with van der Waals surface area (Å²) in [5.41, 5.74) is 4.76. The average molecular weight is 573 g/mol. The number of thiophene rings is 1. The van der Waals surface area contributed by atoms with Crippen molar-refractivity contribution < 1.29 is 22.7 Å². The predicted octanol–water partition coefficient (Wildman–Crippen LogP) is 1.84. The molecule has 1 N–H and O–H groups in total. The Kier molecular flexibility index (Phi) is 7.13. The zero-order valence-corrected chi connectivity index (χ0v) is 24.0. The predicted molar refractivity (Wildman–Crippen MR) is 148 cm³/mol. The molecule has 3 amide bonds. The lowest BCUT2D eigenvalue weighted by Gasteiger charge is -2.43. The van der Waals surface area contributed by atoms with Gasteiger partial charge in [-0.1, -0.05) is 12.0 Å². The van der Waals surface area contributed by atoms with Crippen LogP contribution in [0.25, 0.3) is 10.1 Å². The molecular formula is C26H32N6O5S2. The normalized spacial score (nSPS) is 21.9. The van der Waals surface area contributed by atoms with Crippen molar-refractivity contribution in [2.24, 2.45) is 0 Å². The van der Waals surface area contributed by atoms with Gasteiger partial charge in [0.2, 0.25) is 11.8 Å². The highest BCUT2D eigenvalue weighted by atomic mass is 32.2. The number of hydrogen-bond acceptors (Lipinski definition) is 8. The van der Waals surface area contributed by atoms with E-state index in [1.54, 1.807) is 37.2 Å². The highest BCUT2D eigenvalue weighted by Gasteiger charge is 2.41.